The highest BCUT2D eigenvalue weighted by molar-refractivity contribution is 5.95. The molecule has 0 aliphatic heterocycles. The zero-order valence-electron chi connectivity index (χ0n) is 23.6. The lowest BCUT2D eigenvalue weighted by atomic mass is 10.00. The molecule has 11 heteroatoms. The van der Waals surface area contributed by atoms with Crippen LogP contribution in [0.15, 0.2) is 60.7 Å². The molecule has 0 radical (unpaired) electrons. The van der Waals surface area contributed by atoms with E-state index in [0.717, 1.165) is 11.1 Å². The van der Waals surface area contributed by atoms with Gasteiger partial charge in [0.1, 0.15) is 29.8 Å². The lowest BCUT2D eigenvalue weighted by Gasteiger charge is -2.28. The normalized spacial score (nSPS) is 12.8. The van der Waals surface area contributed by atoms with Crippen LogP contribution in [0.3, 0.4) is 0 Å². The average molecular weight is 554 g/mol. The zero-order valence-corrected chi connectivity index (χ0v) is 23.6. The molecule has 0 bridgehead atoms. The van der Waals surface area contributed by atoms with E-state index < -0.39 is 59.5 Å². The third kappa shape index (κ3) is 11.1. The Morgan fingerprint density at radius 2 is 1.23 bits per heavy atom. The number of hydrogen-bond acceptors (Lipinski definition) is 6. The molecule has 2 aromatic rings. The summed E-state index contributed by atoms with van der Waals surface area (Å²) >= 11 is 0. The van der Waals surface area contributed by atoms with Crippen LogP contribution in [0, 0.1) is 0 Å². The summed E-state index contributed by atoms with van der Waals surface area (Å²) in [5.41, 5.74) is 4.85. The first-order chi connectivity index (χ1) is 18.7. The van der Waals surface area contributed by atoms with E-state index in [1.807, 2.05) is 12.1 Å². The molecule has 0 aromatic heterocycles. The molecule has 0 saturated heterocycles. The Labute approximate surface area is 234 Å². The fraction of sp³-hybridized carbons (Fsp3) is 0.414. The second kappa shape index (κ2) is 14.1. The summed E-state index contributed by atoms with van der Waals surface area (Å²) in [6.45, 7) is 7.59. The first-order valence-corrected chi connectivity index (χ1v) is 12.9. The fourth-order valence-corrected chi connectivity index (χ4v) is 3.56. The largest absolute Gasteiger partial charge is 0.444 e. The number of nitrogens with two attached hydrogens (primary N) is 1. The maximum Gasteiger partial charge on any atom is 0.408 e. The van der Waals surface area contributed by atoms with Crippen LogP contribution in [0.2, 0.25) is 0 Å². The molecule has 2 rings (SSSR count). The van der Waals surface area contributed by atoms with Crippen molar-refractivity contribution >= 4 is 29.7 Å². The Morgan fingerprint density at radius 1 is 0.750 bits per heavy atom. The number of nitrogens with one attached hydrogen (secondary N) is 4. The van der Waals surface area contributed by atoms with Crippen LogP contribution < -0.4 is 27.0 Å². The van der Waals surface area contributed by atoms with E-state index >= 15 is 0 Å². The zero-order chi connectivity index (χ0) is 29.9. The second-order valence-electron chi connectivity index (χ2n) is 10.9. The number of rotatable bonds is 12. The molecule has 11 nitrogen and oxygen atoms in total. The highest BCUT2D eigenvalue weighted by Crippen LogP contribution is 2.09. The molecular formula is C29H39N5O6. The summed E-state index contributed by atoms with van der Waals surface area (Å²) in [5.74, 6) is -2.60. The summed E-state index contributed by atoms with van der Waals surface area (Å²) in [5, 5.41) is 10.3. The molecule has 0 heterocycles. The molecule has 216 valence electrons. The van der Waals surface area contributed by atoms with Crippen LogP contribution in [-0.4, -0.2) is 59.5 Å². The Bertz CT molecular complexity index is 1180. The topological polar surface area (TPSA) is 169 Å². The van der Waals surface area contributed by atoms with Gasteiger partial charge in [0, 0.05) is 12.8 Å². The average Bonchev–Trinajstić information content (AvgIpc) is 2.86. The van der Waals surface area contributed by atoms with Crippen molar-refractivity contribution in [2.45, 2.75) is 70.7 Å². The summed E-state index contributed by atoms with van der Waals surface area (Å²) in [4.78, 5) is 63.2. The summed E-state index contributed by atoms with van der Waals surface area (Å²) < 4.78 is 5.14. The van der Waals surface area contributed by atoms with Crippen LogP contribution in [0.5, 0.6) is 0 Å². The van der Waals surface area contributed by atoms with Gasteiger partial charge in [-0.25, -0.2) is 4.79 Å². The fourth-order valence-electron chi connectivity index (χ4n) is 3.56. The number of ether oxygens (including phenoxy) is 1. The maximum absolute atomic E-state index is 13.5. The molecule has 0 spiro atoms. The standard InChI is InChI=1S/C29H39N5O6/c1-28(2,3)40-27(39)31-18-23(35)32-21(16-19-12-8-6-9-13-19)24(36)33-22(17-20-14-10-7-11-15-20)25(37)34-29(4,5)26(30)38/h6-15,21-22H,16-18H2,1-5H3,(H2,30,38)(H,31,39)(H,32,35)(H,33,36)(H,34,37)/t21-,22-/m0/s1. The van der Waals surface area contributed by atoms with Gasteiger partial charge in [0.15, 0.2) is 0 Å². The quantitative estimate of drug-likeness (QED) is 0.266. The van der Waals surface area contributed by atoms with Gasteiger partial charge in [-0.1, -0.05) is 60.7 Å². The number of carbonyl (C=O) groups excluding carboxylic acids is 5. The van der Waals surface area contributed by atoms with Gasteiger partial charge >= 0.3 is 6.09 Å². The van der Waals surface area contributed by atoms with Crippen molar-refractivity contribution in [2.75, 3.05) is 6.54 Å². The van der Waals surface area contributed by atoms with E-state index in [0.29, 0.717) is 0 Å². The number of benzene rings is 2. The Morgan fingerprint density at radius 3 is 1.68 bits per heavy atom. The van der Waals surface area contributed by atoms with Crippen molar-refractivity contribution in [2.24, 2.45) is 5.73 Å². The van der Waals surface area contributed by atoms with E-state index in [1.54, 1.807) is 69.3 Å². The van der Waals surface area contributed by atoms with Gasteiger partial charge in [0.25, 0.3) is 0 Å². The molecule has 0 fully saturated rings. The monoisotopic (exact) mass is 553 g/mol. The Balaban J connectivity index is 2.23. The van der Waals surface area contributed by atoms with Gasteiger partial charge in [0.2, 0.25) is 23.6 Å². The molecule has 0 aliphatic rings. The van der Waals surface area contributed by atoms with Crippen LogP contribution in [0.25, 0.3) is 0 Å². The SMILES string of the molecule is CC(C)(C)OC(=O)NCC(=O)N[C@@H](Cc1ccccc1)C(=O)N[C@@H](Cc1ccccc1)C(=O)NC(C)(C)C(N)=O. The number of alkyl carbamates (subject to hydrolysis) is 1. The van der Waals surface area contributed by atoms with Crippen molar-refractivity contribution in [3.63, 3.8) is 0 Å². The molecule has 2 atom stereocenters. The lowest BCUT2D eigenvalue weighted by molar-refractivity contribution is -0.134. The van der Waals surface area contributed by atoms with Crippen LogP contribution in [0.4, 0.5) is 4.79 Å². The minimum Gasteiger partial charge on any atom is -0.444 e. The van der Waals surface area contributed by atoms with Gasteiger partial charge in [-0.15, -0.1) is 0 Å². The van der Waals surface area contributed by atoms with E-state index in [9.17, 15) is 24.0 Å². The van der Waals surface area contributed by atoms with Gasteiger partial charge in [0.05, 0.1) is 0 Å². The predicted octanol–water partition coefficient (Wildman–Crippen LogP) is 1.35. The van der Waals surface area contributed by atoms with Crippen LogP contribution in [0.1, 0.15) is 45.7 Å². The molecular weight excluding hydrogens is 514 g/mol. The van der Waals surface area contributed by atoms with Crippen molar-refractivity contribution in [3.05, 3.63) is 71.8 Å². The van der Waals surface area contributed by atoms with Crippen molar-refractivity contribution in [1.29, 1.82) is 0 Å². The predicted molar refractivity (Wildman–Crippen MR) is 150 cm³/mol. The molecule has 6 N–H and O–H groups in total. The Hall–Kier alpha value is -4.41. The number of carbonyl (C=O) groups is 5. The van der Waals surface area contributed by atoms with Gasteiger partial charge in [-0.3, -0.25) is 19.2 Å². The minimum absolute atomic E-state index is 0.122. The number of primary amides is 1. The van der Waals surface area contributed by atoms with Crippen LogP contribution >= 0.6 is 0 Å². The van der Waals surface area contributed by atoms with Gasteiger partial charge in [-0.05, 0) is 45.7 Å². The lowest BCUT2D eigenvalue weighted by Crippen LogP contribution is -2.60. The third-order valence-corrected chi connectivity index (χ3v) is 5.69. The Kier molecular flexibility index (Phi) is 11.2. The summed E-state index contributed by atoms with van der Waals surface area (Å²) in [6, 6.07) is 15.9. The first-order valence-electron chi connectivity index (χ1n) is 12.9. The van der Waals surface area contributed by atoms with Crippen molar-refractivity contribution < 1.29 is 28.7 Å². The van der Waals surface area contributed by atoms with Gasteiger partial charge in [-0.2, -0.15) is 0 Å². The molecule has 5 amide bonds. The highest BCUT2D eigenvalue weighted by atomic mass is 16.6. The first kappa shape index (κ1) is 31.8. The molecule has 2 aromatic carbocycles. The molecule has 0 unspecified atom stereocenters. The van der Waals surface area contributed by atoms with Crippen molar-refractivity contribution in [3.8, 4) is 0 Å². The highest BCUT2D eigenvalue weighted by Gasteiger charge is 2.33. The molecule has 40 heavy (non-hydrogen) atoms. The van der Waals surface area contributed by atoms with E-state index in [2.05, 4.69) is 21.3 Å². The molecule has 0 aliphatic carbocycles. The maximum atomic E-state index is 13.5. The smallest absolute Gasteiger partial charge is 0.408 e. The third-order valence-electron chi connectivity index (χ3n) is 5.69. The molecule has 0 saturated carbocycles. The van der Waals surface area contributed by atoms with E-state index in [4.69, 9.17) is 10.5 Å². The summed E-state index contributed by atoms with van der Waals surface area (Å²) in [6.07, 6.45) is -0.528. The number of amides is 5. The van der Waals surface area contributed by atoms with E-state index in [1.165, 1.54) is 13.8 Å². The van der Waals surface area contributed by atoms with Crippen molar-refractivity contribution in [1.82, 2.24) is 21.3 Å². The second-order valence-corrected chi connectivity index (χ2v) is 10.9. The summed E-state index contributed by atoms with van der Waals surface area (Å²) in [7, 11) is 0. The minimum atomic E-state index is -1.36. The van der Waals surface area contributed by atoms with Gasteiger partial charge < -0.3 is 31.7 Å². The number of hydrogen-bond donors (Lipinski definition) is 5. The van der Waals surface area contributed by atoms with Crippen LogP contribution in [-0.2, 0) is 36.8 Å². The van der Waals surface area contributed by atoms with E-state index in [-0.39, 0.29) is 12.8 Å².